The quantitative estimate of drug-likeness (QED) is 0.631. The molecule has 2 rings (SSSR count). The second-order valence-electron chi connectivity index (χ2n) is 5.17. The van der Waals surface area contributed by atoms with Crippen molar-refractivity contribution in [2.45, 2.75) is 38.3 Å². The number of nitrogens with one attached hydrogen (secondary N) is 1. The summed E-state index contributed by atoms with van der Waals surface area (Å²) in [6, 6.07) is 7.97. The third kappa shape index (κ3) is 4.00. The lowest BCUT2D eigenvalue weighted by Gasteiger charge is -2.10. The van der Waals surface area contributed by atoms with Gasteiger partial charge in [-0.05, 0) is 37.0 Å². The number of nitrogen functional groups attached to an aromatic ring is 1. The Morgan fingerprint density at radius 3 is 2.59 bits per heavy atom. The van der Waals surface area contributed by atoms with Gasteiger partial charge >= 0.3 is 0 Å². The van der Waals surface area contributed by atoms with Gasteiger partial charge in [-0.15, -0.1) is 10.2 Å². The number of aryl methyl sites for hydroxylation is 1. The first-order chi connectivity index (χ1) is 10.5. The van der Waals surface area contributed by atoms with Gasteiger partial charge in [0.15, 0.2) is 0 Å². The van der Waals surface area contributed by atoms with E-state index in [1.807, 2.05) is 12.1 Å². The summed E-state index contributed by atoms with van der Waals surface area (Å²) < 4.78 is 1.37. The van der Waals surface area contributed by atoms with Gasteiger partial charge in [-0.2, -0.15) is 0 Å². The average molecular weight is 319 g/mol. The standard InChI is InChI=1S/C15H21N5OS/c1-4-10(2)12-5-7-13(8-6-12)17-14(21)9-22-15-19-18-11(3)20(15)16/h5-8,10H,4,9,16H2,1-3H3,(H,17,21)/t10-/m1/s1. The fourth-order valence-electron chi connectivity index (χ4n) is 1.91. The average Bonchev–Trinajstić information content (AvgIpc) is 2.84. The lowest BCUT2D eigenvalue weighted by molar-refractivity contribution is -0.113. The van der Waals surface area contributed by atoms with E-state index in [0.717, 1.165) is 12.1 Å². The van der Waals surface area contributed by atoms with Crippen LogP contribution in [-0.4, -0.2) is 26.5 Å². The largest absolute Gasteiger partial charge is 0.336 e. The summed E-state index contributed by atoms with van der Waals surface area (Å²) in [6.45, 7) is 6.11. The highest BCUT2D eigenvalue weighted by Crippen LogP contribution is 2.21. The maximum Gasteiger partial charge on any atom is 0.234 e. The van der Waals surface area contributed by atoms with E-state index in [-0.39, 0.29) is 11.7 Å². The van der Waals surface area contributed by atoms with Gasteiger partial charge in [0, 0.05) is 5.69 Å². The molecule has 0 unspecified atom stereocenters. The molecule has 1 amide bonds. The van der Waals surface area contributed by atoms with E-state index in [0.29, 0.717) is 16.9 Å². The Bertz CT molecular complexity index is 638. The van der Waals surface area contributed by atoms with E-state index in [2.05, 4.69) is 41.5 Å². The molecule has 0 saturated heterocycles. The Balaban J connectivity index is 1.88. The van der Waals surface area contributed by atoms with E-state index in [9.17, 15) is 4.79 Å². The van der Waals surface area contributed by atoms with Gasteiger partial charge in [0.05, 0.1) is 5.75 Å². The fraction of sp³-hybridized carbons (Fsp3) is 0.400. The van der Waals surface area contributed by atoms with Crippen LogP contribution in [-0.2, 0) is 4.79 Å². The molecular formula is C15H21N5OS. The normalized spacial score (nSPS) is 12.1. The summed E-state index contributed by atoms with van der Waals surface area (Å²) in [5, 5.41) is 11.1. The SMILES string of the molecule is CC[C@@H](C)c1ccc(NC(=O)CSc2nnc(C)n2N)cc1. The van der Waals surface area contributed by atoms with Crippen molar-refractivity contribution in [3.05, 3.63) is 35.7 Å². The lowest BCUT2D eigenvalue weighted by atomic mass is 9.99. The van der Waals surface area contributed by atoms with Gasteiger partial charge in [0.1, 0.15) is 5.82 Å². The van der Waals surface area contributed by atoms with E-state index >= 15 is 0 Å². The van der Waals surface area contributed by atoms with Crippen LogP contribution in [0.2, 0.25) is 0 Å². The van der Waals surface area contributed by atoms with Crippen LogP contribution in [0.1, 0.15) is 37.6 Å². The number of hydrogen-bond donors (Lipinski definition) is 2. The van der Waals surface area contributed by atoms with Gasteiger partial charge in [-0.1, -0.05) is 37.7 Å². The van der Waals surface area contributed by atoms with Crippen molar-refractivity contribution in [2.24, 2.45) is 0 Å². The van der Waals surface area contributed by atoms with Crippen LogP contribution in [0.25, 0.3) is 0 Å². The molecule has 1 aromatic carbocycles. The molecule has 6 nitrogen and oxygen atoms in total. The molecule has 3 N–H and O–H groups in total. The van der Waals surface area contributed by atoms with Gasteiger partial charge < -0.3 is 11.2 Å². The Morgan fingerprint density at radius 2 is 2.05 bits per heavy atom. The fourth-order valence-corrected chi connectivity index (χ4v) is 2.61. The number of rotatable bonds is 6. The first kappa shape index (κ1) is 16.4. The molecule has 0 aliphatic rings. The second-order valence-corrected chi connectivity index (χ2v) is 6.11. The lowest BCUT2D eigenvalue weighted by Crippen LogP contribution is -2.16. The minimum Gasteiger partial charge on any atom is -0.336 e. The maximum absolute atomic E-state index is 11.9. The number of carbonyl (C=O) groups is 1. The summed E-state index contributed by atoms with van der Waals surface area (Å²) >= 11 is 1.26. The molecule has 0 saturated carbocycles. The molecule has 0 spiro atoms. The number of amides is 1. The Hall–Kier alpha value is -2.02. The summed E-state index contributed by atoms with van der Waals surface area (Å²) in [5.41, 5.74) is 2.07. The second kappa shape index (κ2) is 7.31. The summed E-state index contributed by atoms with van der Waals surface area (Å²) in [4.78, 5) is 11.9. The van der Waals surface area contributed by atoms with Crippen LogP contribution in [0.3, 0.4) is 0 Å². The summed E-state index contributed by atoms with van der Waals surface area (Å²) in [7, 11) is 0. The Morgan fingerprint density at radius 1 is 1.36 bits per heavy atom. The number of thioether (sulfide) groups is 1. The van der Waals surface area contributed by atoms with E-state index in [1.165, 1.54) is 22.0 Å². The smallest absolute Gasteiger partial charge is 0.234 e. The minimum absolute atomic E-state index is 0.0954. The molecule has 7 heteroatoms. The van der Waals surface area contributed by atoms with Gasteiger partial charge in [0.2, 0.25) is 11.1 Å². The van der Waals surface area contributed by atoms with Gasteiger partial charge in [0.25, 0.3) is 0 Å². The molecule has 0 aliphatic heterocycles. The molecule has 0 fully saturated rings. The zero-order valence-electron chi connectivity index (χ0n) is 13.0. The number of anilines is 1. The number of carbonyl (C=O) groups excluding carboxylic acids is 1. The van der Waals surface area contributed by atoms with E-state index < -0.39 is 0 Å². The molecule has 0 aliphatic carbocycles. The third-order valence-electron chi connectivity index (χ3n) is 3.54. The van der Waals surface area contributed by atoms with Crippen LogP contribution in [0, 0.1) is 6.92 Å². The van der Waals surface area contributed by atoms with Crippen LogP contribution >= 0.6 is 11.8 Å². The summed E-state index contributed by atoms with van der Waals surface area (Å²) in [6.07, 6.45) is 1.10. The monoisotopic (exact) mass is 319 g/mol. The highest BCUT2D eigenvalue weighted by atomic mass is 32.2. The van der Waals surface area contributed by atoms with Crippen LogP contribution in [0.4, 0.5) is 5.69 Å². The number of nitrogens with two attached hydrogens (primary N) is 1. The van der Waals surface area contributed by atoms with Crippen molar-refractivity contribution in [2.75, 3.05) is 16.9 Å². The highest BCUT2D eigenvalue weighted by molar-refractivity contribution is 7.99. The van der Waals surface area contributed by atoms with Crippen molar-refractivity contribution in [1.82, 2.24) is 14.9 Å². The zero-order valence-corrected chi connectivity index (χ0v) is 13.9. The predicted octanol–water partition coefficient (Wildman–Crippen LogP) is 2.54. The molecule has 1 heterocycles. The first-order valence-corrected chi connectivity index (χ1v) is 8.19. The molecule has 0 bridgehead atoms. The third-order valence-corrected chi connectivity index (χ3v) is 4.49. The maximum atomic E-state index is 11.9. The van der Waals surface area contributed by atoms with Crippen molar-refractivity contribution >= 4 is 23.4 Å². The number of nitrogens with zero attached hydrogens (tertiary/aromatic N) is 3. The Kier molecular flexibility index (Phi) is 5.43. The van der Waals surface area contributed by atoms with Crippen LogP contribution < -0.4 is 11.2 Å². The number of hydrogen-bond acceptors (Lipinski definition) is 5. The van der Waals surface area contributed by atoms with E-state index in [4.69, 9.17) is 5.84 Å². The van der Waals surface area contributed by atoms with Crippen molar-refractivity contribution < 1.29 is 4.79 Å². The summed E-state index contributed by atoms with van der Waals surface area (Å²) in [5.74, 6) is 7.02. The van der Waals surface area contributed by atoms with Gasteiger partial charge in [-0.25, -0.2) is 4.68 Å². The highest BCUT2D eigenvalue weighted by Gasteiger charge is 2.10. The topological polar surface area (TPSA) is 85.8 Å². The number of aromatic nitrogens is 3. The van der Waals surface area contributed by atoms with Crippen molar-refractivity contribution in [3.63, 3.8) is 0 Å². The molecule has 1 atom stereocenters. The first-order valence-electron chi connectivity index (χ1n) is 7.21. The van der Waals surface area contributed by atoms with E-state index in [1.54, 1.807) is 6.92 Å². The molecule has 0 radical (unpaired) electrons. The van der Waals surface area contributed by atoms with Crippen LogP contribution in [0.5, 0.6) is 0 Å². The van der Waals surface area contributed by atoms with Crippen LogP contribution in [0.15, 0.2) is 29.4 Å². The molecular weight excluding hydrogens is 298 g/mol. The van der Waals surface area contributed by atoms with Crippen molar-refractivity contribution in [3.8, 4) is 0 Å². The van der Waals surface area contributed by atoms with Gasteiger partial charge in [-0.3, -0.25) is 4.79 Å². The van der Waals surface area contributed by atoms with Crippen molar-refractivity contribution in [1.29, 1.82) is 0 Å². The zero-order chi connectivity index (χ0) is 16.1. The minimum atomic E-state index is -0.0954. The Labute approximate surface area is 134 Å². The predicted molar refractivity (Wildman–Crippen MR) is 89.4 cm³/mol. The molecule has 2 aromatic rings. The molecule has 118 valence electrons. The number of benzene rings is 1. The molecule has 1 aromatic heterocycles. The molecule has 22 heavy (non-hydrogen) atoms.